The first-order chi connectivity index (χ1) is 7.75. The molecule has 3 nitrogen and oxygen atoms in total. The molecule has 0 bridgehead atoms. The number of nitrogens with one attached hydrogen (secondary N) is 1. The molecule has 1 N–H and O–H groups in total. The molecule has 1 aliphatic rings. The van der Waals surface area contributed by atoms with Gasteiger partial charge in [-0.15, -0.1) is 0 Å². The van der Waals surface area contributed by atoms with E-state index in [-0.39, 0.29) is 11.9 Å². The van der Waals surface area contributed by atoms with Gasteiger partial charge < -0.3 is 5.32 Å². The van der Waals surface area contributed by atoms with E-state index in [2.05, 4.69) is 17.2 Å². The fourth-order valence-corrected chi connectivity index (χ4v) is 1.73. The largest absolute Gasteiger partial charge is 0.354 e. The van der Waals surface area contributed by atoms with Crippen LogP contribution in [-0.2, 0) is 4.79 Å². The van der Waals surface area contributed by atoms with Crippen LogP contribution in [0, 0.1) is 6.92 Å². The summed E-state index contributed by atoms with van der Waals surface area (Å²) in [6, 6.07) is 7.92. The number of carbonyl (C=O) groups is 1. The zero-order chi connectivity index (χ0) is 11.4. The maximum atomic E-state index is 11.4. The highest BCUT2D eigenvalue weighted by Gasteiger charge is 2.19. The first-order valence-corrected chi connectivity index (χ1v) is 5.63. The molecule has 1 aromatic carbocycles. The molecule has 1 atom stereocenters. The zero-order valence-electron chi connectivity index (χ0n) is 9.44. The fourth-order valence-electron chi connectivity index (χ4n) is 1.73. The Morgan fingerprint density at radius 2 is 2.12 bits per heavy atom. The van der Waals surface area contributed by atoms with E-state index in [0.29, 0.717) is 0 Å². The van der Waals surface area contributed by atoms with Crippen LogP contribution in [0.3, 0.4) is 0 Å². The van der Waals surface area contributed by atoms with Crippen LogP contribution in [0.25, 0.3) is 0 Å². The van der Waals surface area contributed by atoms with Crippen molar-refractivity contribution < 1.29 is 4.79 Å². The summed E-state index contributed by atoms with van der Waals surface area (Å²) in [6.07, 6.45) is 3.66. The highest BCUT2D eigenvalue weighted by Crippen LogP contribution is 2.08. The second kappa shape index (κ2) is 4.92. The quantitative estimate of drug-likeness (QED) is 0.751. The third kappa shape index (κ3) is 2.69. The predicted molar refractivity (Wildman–Crippen MR) is 64.8 cm³/mol. The van der Waals surface area contributed by atoms with Crippen molar-refractivity contribution in [2.24, 2.45) is 4.99 Å². The molecule has 1 amide bonds. The van der Waals surface area contributed by atoms with Crippen LogP contribution in [0.15, 0.2) is 29.3 Å². The molecule has 1 fully saturated rings. The first kappa shape index (κ1) is 10.9. The predicted octanol–water partition coefficient (Wildman–Crippen LogP) is 1.69. The van der Waals surface area contributed by atoms with E-state index < -0.39 is 0 Å². The number of rotatable bonds is 2. The summed E-state index contributed by atoms with van der Waals surface area (Å²) in [7, 11) is 0. The van der Waals surface area contributed by atoms with Crippen LogP contribution in [0.5, 0.6) is 0 Å². The molecule has 0 spiro atoms. The van der Waals surface area contributed by atoms with Crippen molar-refractivity contribution in [2.75, 3.05) is 6.54 Å². The third-order valence-corrected chi connectivity index (χ3v) is 2.74. The minimum Gasteiger partial charge on any atom is -0.354 e. The maximum Gasteiger partial charge on any atom is 0.244 e. The number of aryl methyl sites for hydroxylation is 1. The number of benzene rings is 1. The SMILES string of the molecule is Cc1ccc(/C=N/C2CCCNC2=O)cc1. The molecular formula is C13H16N2O. The molecule has 1 saturated heterocycles. The van der Waals surface area contributed by atoms with E-state index in [9.17, 15) is 4.79 Å². The lowest BCUT2D eigenvalue weighted by Gasteiger charge is -2.17. The lowest BCUT2D eigenvalue weighted by Crippen LogP contribution is -2.39. The van der Waals surface area contributed by atoms with E-state index in [1.54, 1.807) is 6.21 Å². The summed E-state index contributed by atoms with van der Waals surface area (Å²) in [6.45, 7) is 2.84. The molecule has 0 saturated carbocycles. The standard InChI is InChI=1S/C13H16N2O/c1-10-4-6-11(7-5-10)9-15-12-3-2-8-14-13(12)16/h4-7,9,12H,2-3,8H2,1H3,(H,14,16)/b15-9+. The van der Waals surface area contributed by atoms with Crippen molar-refractivity contribution in [3.05, 3.63) is 35.4 Å². The lowest BCUT2D eigenvalue weighted by molar-refractivity contribution is -0.123. The topological polar surface area (TPSA) is 41.5 Å². The molecular weight excluding hydrogens is 200 g/mol. The van der Waals surface area contributed by atoms with Crippen LogP contribution >= 0.6 is 0 Å². The van der Waals surface area contributed by atoms with Gasteiger partial charge >= 0.3 is 0 Å². The number of aliphatic imine (C=N–C) groups is 1. The van der Waals surface area contributed by atoms with E-state index in [1.165, 1.54) is 5.56 Å². The molecule has 0 aromatic heterocycles. The van der Waals surface area contributed by atoms with E-state index in [0.717, 1.165) is 24.9 Å². The lowest BCUT2D eigenvalue weighted by atomic mass is 10.1. The molecule has 1 aliphatic heterocycles. The van der Waals surface area contributed by atoms with Gasteiger partial charge in [0.1, 0.15) is 6.04 Å². The van der Waals surface area contributed by atoms with Crippen LogP contribution in [0.2, 0.25) is 0 Å². The van der Waals surface area contributed by atoms with Crippen LogP contribution in [0.1, 0.15) is 24.0 Å². The van der Waals surface area contributed by atoms with Gasteiger partial charge in [-0.1, -0.05) is 29.8 Å². The molecule has 0 radical (unpaired) electrons. The Bertz CT molecular complexity index is 395. The van der Waals surface area contributed by atoms with Crippen molar-refractivity contribution in [2.45, 2.75) is 25.8 Å². The minimum absolute atomic E-state index is 0.0506. The molecule has 1 unspecified atom stereocenters. The van der Waals surface area contributed by atoms with Crippen molar-refractivity contribution in [3.63, 3.8) is 0 Å². The molecule has 1 heterocycles. The Hall–Kier alpha value is -1.64. The van der Waals surface area contributed by atoms with Crippen molar-refractivity contribution in [1.82, 2.24) is 5.32 Å². The highest BCUT2D eigenvalue weighted by molar-refractivity contribution is 5.87. The van der Waals surface area contributed by atoms with Gasteiger partial charge in [-0.25, -0.2) is 0 Å². The zero-order valence-corrected chi connectivity index (χ0v) is 9.44. The van der Waals surface area contributed by atoms with Crippen LogP contribution < -0.4 is 5.32 Å². The molecule has 2 rings (SSSR count). The third-order valence-electron chi connectivity index (χ3n) is 2.74. The van der Waals surface area contributed by atoms with Crippen molar-refractivity contribution in [3.8, 4) is 0 Å². The van der Waals surface area contributed by atoms with E-state index in [4.69, 9.17) is 0 Å². The van der Waals surface area contributed by atoms with Gasteiger partial charge in [0.25, 0.3) is 0 Å². The summed E-state index contributed by atoms with van der Waals surface area (Å²) in [4.78, 5) is 15.8. The van der Waals surface area contributed by atoms with Gasteiger partial charge in [0, 0.05) is 12.8 Å². The van der Waals surface area contributed by atoms with Gasteiger partial charge in [-0.05, 0) is 25.3 Å². The number of hydrogen-bond donors (Lipinski definition) is 1. The Balaban J connectivity index is 2.02. The summed E-state index contributed by atoms with van der Waals surface area (Å²) < 4.78 is 0. The Morgan fingerprint density at radius 3 is 2.81 bits per heavy atom. The molecule has 1 aromatic rings. The summed E-state index contributed by atoms with van der Waals surface area (Å²) in [5.74, 6) is 0.0506. The first-order valence-electron chi connectivity index (χ1n) is 5.63. The molecule has 84 valence electrons. The summed E-state index contributed by atoms with van der Waals surface area (Å²) >= 11 is 0. The van der Waals surface area contributed by atoms with Gasteiger partial charge in [-0.2, -0.15) is 0 Å². The Kier molecular flexibility index (Phi) is 3.34. The number of hydrogen-bond acceptors (Lipinski definition) is 2. The molecule has 3 heteroatoms. The second-order valence-corrected chi connectivity index (χ2v) is 4.14. The fraction of sp³-hybridized carbons (Fsp3) is 0.385. The molecule has 16 heavy (non-hydrogen) atoms. The van der Waals surface area contributed by atoms with E-state index in [1.807, 2.05) is 24.3 Å². The van der Waals surface area contributed by atoms with Crippen molar-refractivity contribution in [1.29, 1.82) is 0 Å². The Labute approximate surface area is 95.6 Å². The Morgan fingerprint density at radius 1 is 1.38 bits per heavy atom. The van der Waals surface area contributed by atoms with Gasteiger partial charge in [0.2, 0.25) is 5.91 Å². The number of nitrogens with zero attached hydrogens (tertiary/aromatic N) is 1. The van der Waals surface area contributed by atoms with Gasteiger partial charge in [-0.3, -0.25) is 9.79 Å². The second-order valence-electron chi connectivity index (χ2n) is 4.14. The molecule has 0 aliphatic carbocycles. The number of amides is 1. The average molecular weight is 216 g/mol. The van der Waals surface area contributed by atoms with Crippen LogP contribution in [0.4, 0.5) is 0 Å². The van der Waals surface area contributed by atoms with Crippen LogP contribution in [-0.4, -0.2) is 24.7 Å². The smallest absolute Gasteiger partial charge is 0.244 e. The average Bonchev–Trinajstić information content (AvgIpc) is 2.30. The van der Waals surface area contributed by atoms with Crippen molar-refractivity contribution >= 4 is 12.1 Å². The summed E-state index contributed by atoms with van der Waals surface area (Å²) in [5, 5.41) is 2.82. The number of carbonyl (C=O) groups excluding carboxylic acids is 1. The maximum absolute atomic E-state index is 11.4. The van der Waals surface area contributed by atoms with E-state index >= 15 is 0 Å². The highest BCUT2D eigenvalue weighted by atomic mass is 16.2. The summed E-state index contributed by atoms with van der Waals surface area (Å²) in [5.41, 5.74) is 2.27. The minimum atomic E-state index is -0.199. The van der Waals surface area contributed by atoms with Gasteiger partial charge in [0.05, 0.1) is 0 Å². The normalized spacial score (nSPS) is 21.1. The van der Waals surface area contributed by atoms with Gasteiger partial charge in [0.15, 0.2) is 0 Å². The number of piperidine rings is 1. The monoisotopic (exact) mass is 216 g/mol.